The van der Waals surface area contributed by atoms with Crippen molar-refractivity contribution < 1.29 is 9.59 Å². The zero-order chi connectivity index (χ0) is 25.2. The van der Waals surface area contributed by atoms with Crippen molar-refractivity contribution >= 4 is 12.1 Å². The summed E-state index contributed by atoms with van der Waals surface area (Å²) in [6.45, 7) is 21.9. The highest BCUT2D eigenvalue weighted by atomic mass is 16.1. The fraction of sp³-hybridized carbons (Fsp3) is 0.875. The number of hydrogen-bond acceptors (Lipinski definition) is 2. The Bertz CT molecular complexity index is 960. The second-order valence-electron chi connectivity index (χ2n) is 15.7. The first-order chi connectivity index (χ1) is 15.5. The highest BCUT2D eigenvalue weighted by Gasteiger charge is 2.75. The Hall–Kier alpha value is -0.920. The minimum atomic E-state index is -0.338. The summed E-state index contributed by atoms with van der Waals surface area (Å²) in [4.78, 5) is 26.7. The number of carbonyl (C=O) groups is 2. The molecule has 2 nitrogen and oxygen atoms in total. The van der Waals surface area contributed by atoms with E-state index in [9.17, 15) is 9.59 Å². The van der Waals surface area contributed by atoms with Crippen LogP contribution in [0, 0.1) is 55.7 Å². The minimum Gasteiger partial charge on any atom is -0.303 e. The van der Waals surface area contributed by atoms with Gasteiger partial charge in [0, 0.05) is 10.8 Å². The average molecular weight is 467 g/mol. The van der Waals surface area contributed by atoms with Gasteiger partial charge in [-0.1, -0.05) is 67.9 Å². The molecule has 0 N–H and O–H groups in total. The molecule has 5 aliphatic carbocycles. The molecule has 5 rings (SSSR count). The van der Waals surface area contributed by atoms with Gasteiger partial charge in [-0.25, -0.2) is 0 Å². The van der Waals surface area contributed by atoms with Crippen molar-refractivity contribution in [2.75, 3.05) is 0 Å². The monoisotopic (exact) mass is 466 g/mol. The molecule has 4 saturated carbocycles. The molecule has 0 bridgehead atoms. The largest absolute Gasteiger partial charge is 0.303 e. The van der Waals surface area contributed by atoms with E-state index >= 15 is 0 Å². The van der Waals surface area contributed by atoms with Crippen molar-refractivity contribution in [1.29, 1.82) is 0 Å². The molecular formula is C32H50O2. The van der Waals surface area contributed by atoms with Crippen LogP contribution in [0.5, 0.6) is 0 Å². The lowest BCUT2D eigenvalue weighted by atomic mass is 9.28. The number of fused-ring (bicyclic) bond motifs is 7. The third-order valence-electron chi connectivity index (χ3n) is 14.5. The van der Waals surface area contributed by atoms with E-state index in [1.807, 2.05) is 0 Å². The van der Waals surface area contributed by atoms with Crippen LogP contribution in [0.2, 0.25) is 0 Å². The fourth-order valence-corrected chi connectivity index (χ4v) is 10.9. The van der Waals surface area contributed by atoms with Crippen LogP contribution < -0.4 is 0 Å². The van der Waals surface area contributed by atoms with Crippen LogP contribution in [0.3, 0.4) is 0 Å². The third kappa shape index (κ3) is 2.60. The van der Waals surface area contributed by atoms with Gasteiger partial charge in [0.2, 0.25) is 0 Å². The minimum absolute atomic E-state index is 0.0299. The van der Waals surface area contributed by atoms with Crippen LogP contribution in [-0.4, -0.2) is 12.1 Å². The van der Waals surface area contributed by atoms with E-state index in [2.05, 4.69) is 68.4 Å². The summed E-state index contributed by atoms with van der Waals surface area (Å²) < 4.78 is 0. The molecule has 0 radical (unpaired) electrons. The van der Waals surface area contributed by atoms with Crippen molar-refractivity contribution in [3.63, 3.8) is 0 Å². The van der Waals surface area contributed by atoms with E-state index in [1.165, 1.54) is 44.0 Å². The third-order valence-corrected chi connectivity index (χ3v) is 14.5. The van der Waals surface area contributed by atoms with Crippen LogP contribution >= 0.6 is 0 Å². The highest BCUT2D eigenvalue weighted by molar-refractivity contribution is 5.98. The zero-order valence-corrected chi connectivity index (χ0v) is 23.6. The summed E-state index contributed by atoms with van der Waals surface area (Å²) in [6, 6.07) is 0. The Kier molecular flexibility index (Phi) is 5.02. The van der Waals surface area contributed by atoms with Gasteiger partial charge in [-0.05, 0) is 109 Å². The fourth-order valence-electron chi connectivity index (χ4n) is 10.9. The van der Waals surface area contributed by atoms with Crippen molar-refractivity contribution in [3.05, 3.63) is 11.6 Å². The molecule has 0 aromatic rings. The number of carbonyl (C=O) groups excluding carboxylic acids is 2. The second kappa shape index (κ2) is 6.89. The molecule has 0 saturated heterocycles. The second-order valence-corrected chi connectivity index (χ2v) is 15.7. The molecule has 7 unspecified atom stereocenters. The van der Waals surface area contributed by atoms with E-state index < -0.39 is 0 Å². The summed E-state index contributed by atoms with van der Waals surface area (Å²) in [6.07, 6.45) is 13.6. The summed E-state index contributed by atoms with van der Waals surface area (Å²) in [5.74, 6) is 2.06. The molecule has 9 atom stereocenters. The first-order valence-corrected chi connectivity index (χ1v) is 14.3. The Balaban J connectivity index is 1.68. The van der Waals surface area contributed by atoms with E-state index in [1.54, 1.807) is 0 Å². The number of hydrogen-bond donors (Lipinski definition) is 0. The number of ketones is 1. The van der Waals surface area contributed by atoms with Crippen LogP contribution in [0.1, 0.15) is 120 Å². The maximum Gasteiger partial charge on any atom is 0.162 e. The van der Waals surface area contributed by atoms with Crippen molar-refractivity contribution in [2.45, 2.75) is 120 Å². The van der Waals surface area contributed by atoms with Gasteiger partial charge >= 0.3 is 0 Å². The molecule has 5 aliphatic rings. The van der Waals surface area contributed by atoms with E-state index in [4.69, 9.17) is 0 Å². The molecule has 4 fully saturated rings. The lowest BCUT2D eigenvalue weighted by Crippen LogP contribution is -2.71. The molecule has 34 heavy (non-hydrogen) atoms. The topological polar surface area (TPSA) is 34.1 Å². The molecule has 0 aliphatic heterocycles. The first-order valence-electron chi connectivity index (χ1n) is 14.3. The van der Waals surface area contributed by atoms with Gasteiger partial charge in [0.05, 0.1) is 0 Å². The van der Waals surface area contributed by atoms with Gasteiger partial charge in [-0.2, -0.15) is 0 Å². The lowest BCUT2D eigenvalue weighted by Gasteiger charge is -2.74. The molecule has 0 aromatic heterocycles. The normalized spacial score (nSPS) is 56.3. The van der Waals surface area contributed by atoms with Gasteiger partial charge in [-0.15, -0.1) is 0 Å². The lowest BCUT2D eigenvalue weighted by molar-refractivity contribution is -0.232. The van der Waals surface area contributed by atoms with Crippen molar-refractivity contribution in [3.8, 4) is 0 Å². The van der Waals surface area contributed by atoms with Crippen LogP contribution in [0.25, 0.3) is 0 Å². The Morgan fingerprint density at radius 2 is 1.50 bits per heavy atom. The maximum atomic E-state index is 14.6. The molecule has 0 aromatic carbocycles. The smallest absolute Gasteiger partial charge is 0.162 e. The van der Waals surface area contributed by atoms with E-state index in [0.29, 0.717) is 23.5 Å². The molecule has 2 heteroatoms. The molecule has 0 amide bonds. The van der Waals surface area contributed by atoms with Gasteiger partial charge in [0.1, 0.15) is 6.29 Å². The number of allylic oxidation sites excluding steroid dienone is 2. The summed E-state index contributed by atoms with van der Waals surface area (Å²) in [5.41, 5.74) is 1.34. The standard InChI is InChI=1S/C32H50O2/c1-21-10-12-30(7)24(26(21,2)3)11-13-31(8)29(6)17-16-28(5)15-14-27(4,20-33)19-23(28)22(29)18-25(34)32(30,31)9/h18,20-21,23-24H,10-17,19H2,1-9H3/t21?,23?,24?,27-,28?,29+,30?,31?,32?/m0/s1. The van der Waals surface area contributed by atoms with Crippen LogP contribution in [-0.2, 0) is 9.59 Å². The quantitative estimate of drug-likeness (QED) is 0.365. The first kappa shape index (κ1) is 24.8. The van der Waals surface area contributed by atoms with Gasteiger partial charge < -0.3 is 4.79 Å². The van der Waals surface area contributed by atoms with Crippen molar-refractivity contribution in [2.24, 2.45) is 55.7 Å². The van der Waals surface area contributed by atoms with Crippen molar-refractivity contribution in [1.82, 2.24) is 0 Å². The number of rotatable bonds is 1. The summed E-state index contributed by atoms with van der Waals surface area (Å²) in [7, 11) is 0. The molecule has 0 heterocycles. The molecular weight excluding hydrogens is 416 g/mol. The molecule has 0 spiro atoms. The van der Waals surface area contributed by atoms with E-state index in [-0.39, 0.29) is 37.9 Å². The Morgan fingerprint density at radius 3 is 2.15 bits per heavy atom. The average Bonchev–Trinajstić information content (AvgIpc) is 2.77. The Morgan fingerprint density at radius 1 is 0.853 bits per heavy atom. The Labute approximate surface area is 209 Å². The van der Waals surface area contributed by atoms with Gasteiger partial charge in [0.15, 0.2) is 5.78 Å². The van der Waals surface area contributed by atoms with Gasteiger partial charge in [-0.3, -0.25) is 4.79 Å². The van der Waals surface area contributed by atoms with Crippen LogP contribution in [0.15, 0.2) is 11.6 Å². The predicted octanol–water partition coefficient (Wildman–Crippen LogP) is 8.19. The maximum absolute atomic E-state index is 14.6. The van der Waals surface area contributed by atoms with Gasteiger partial charge in [0.25, 0.3) is 0 Å². The number of aldehydes is 1. The highest BCUT2D eigenvalue weighted by Crippen LogP contribution is 2.79. The predicted molar refractivity (Wildman–Crippen MR) is 139 cm³/mol. The summed E-state index contributed by atoms with van der Waals surface area (Å²) >= 11 is 0. The zero-order valence-electron chi connectivity index (χ0n) is 23.6. The SMILES string of the molecule is CC1CCC2(C)C(CCC3(C)C2(C)C(=O)C=C2C4C[C@@](C)(C=O)CCC4(C)CC[C@]23C)C1(C)C. The van der Waals surface area contributed by atoms with Crippen LogP contribution in [0.4, 0.5) is 0 Å². The summed E-state index contributed by atoms with van der Waals surface area (Å²) in [5, 5.41) is 0. The van der Waals surface area contributed by atoms with E-state index in [0.717, 1.165) is 25.7 Å². The molecule has 190 valence electrons.